The van der Waals surface area contributed by atoms with Gasteiger partial charge in [-0.15, -0.1) is 0 Å². The first kappa shape index (κ1) is 49.4. The molecule has 0 saturated carbocycles. The summed E-state index contributed by atoms with van der Waals surface area (Å²) in [4.78, 5) is 39.9. The number of aromatic amines is 1. The van der Waals surface area contributed by atoms with E-state index < -0.39 is 35.4 Å². The van der Waals surface area contributed by atoms with Crippen LogP contribution in [0, 0.1) is 18.6 Å². The average molecular weight is 1010 g/mol. The van der Waals surface area contributed by atoms with E-state index in [-0.39, 0.29) is 28.5 Å². The molecule has 17 nitrogen and oxygen atoms in total. The van der Waals surface area contributed by atoms with Crippen LogP contribution in [0.15, 0.2) is 153 Å². The Balaban J connectivity index is 0.000000183. The zero-order valence-electron chi connectivity index (χ0n) is 39.4. The molecule has 4 aromatic carbocycles. The first-order chi connectivity index (χ1) is 35.7. The number of halogens is 5. The minimum absolute atomic E-state index is 0.0522. The molecule has 0 atom stereocenters. The number of carbonyl (C=O) groups excluding carboxylic acids is 2. The van der Waals surface area contributed by atoms with E-state index in [0.717, 1.165) is 48.1 Å². The summed E-state index contributed by atoms with van der Waals surface area (Å²) in [5, 5.41) is 20.7. The Kier molecular flexibility index (Phi) is 14.6. The van der Waals surface area contributed by atoms with E-state index in [1.165, 1.54) is 60.3 Å². The number of carbonyl (C=O) groups is 2. The summed E-state index contributed by atoms with van der Waals surface area (Å²) in [6.45, 7) is 3.72. The highest BCUT2D eigenvalue weighted by atomic mass is 19.4. The molecule has 376 valence electrons. The zero-order valence-corrected chi connectivity index (χ0v) is 39.4. The summed E-state index contributed by atoms with van der Waals surface area (Å²) >= 11 is 0. The molecule has 0 bridgehead atoms. The van der Waals surface area contributed by atoms with Crippen LogP contribution in [0.5, 0.6) is 23.0 Å². The first-order valence-electron chi connectivity index (χ1n) is 22.8. The highest BCUT2D eigenvalue weighted by Crippen LogP contribution is 2.34. The third-order valence-corrected chi connectivity index (χ3v) is 11.2. The van der Waals surface area contributed by atoms with Crippen LogP contribution in [0.25, 0.3) is 28.2 Å². The van der Waals surface area contributed by atoms with Gasteiger partial charge in [-0.25, -0.2) is 23.4 Å². The molecular weight excluding hydrogens is 966 g/mol. The number of ether oxygens (including phenoxy) is 2. The normalized spacial score (nSPS) is 12.1. The van der Waals surface area contributed by atoms with Gasteiger partial charge >= 0.3 is 18.2 Å². The lowest BCUT2D eigenvalue weighted by molar-refractivity contribution is -0.137. The van der Waals surface area contributed by atoms with Crippen molar-refractivity contribution in [2.24, 2.45) is 7.05 Å². The molecule has 0 radical (unpaired) electrons. The number of aromatic nitrogens is 8. The van der Waals surface area contributed by atoms with E-state index in [1.807, 2.05) is 31.4 Å². The molecule has 0 unspecified atom stereocenters. The number of hydrogen-bond acceptors (Lipinski definition) is 10. The maximum absolute atomic E-state index is 14.8. The van der Waals surface area contributed by atoms with Crippen molar-refractivity contribution in [3.63, 3.8) is 0 Å². The monoisotopic (exact) mass is 1010 g/mol. The molecule has 22 heteroatoms. The van der Waals surface area contributed by atoms with Gasteiger partial charge in [0.2, 0.25) is 0 Å². The minimum Gasteiger partial charge on any atom is -0.457 e. The molecule has 1 aliphatic rings. The lowest BCUT2D eigenvalue weighted by atomic mass is 10.1. The highest BCUT2D eigenvalue weighted by molar-refractivity contribution is 6.01. The third-order valence-electron chi connectivity index (χ3n) is 11.2. The Morgan fingerprint density at radius 3 is 1.81 bits per heavy atom. The lowest BCUT2D eigenvalue weighted by Gasteiger charge is -2.18. The fourth-order valence-corrected chi connectivity index (χ4v) is 7.69. The molecule has 4 amide bonds. The molecule has 5 aromatic heterocycles. The number of nitrogens with one attached hydrogen (secondary N) is 5. The zero-order chi connectivity index (χ0) is 51.8. The summed E-state index contributed by atoms with van der Waals surface area (Å²) < 4.78 is 84.5. The van der Waals surface area contributed by atoms with E-state index in [1.54, 1.807) is 79.0 Å². The lowest BCUT2D eigenvalue weighted by Crippen LogP contribution is -2.21. The van der Waals surface area contributed by atoms with Gasteiger partial charge in [-0.2, -0.15) is 23.4 Å². The van der Waals surface area contributed by atoms with Gasteiger partial charge in [0.25, 0.3) is 0 Å². The van der Waals surface area contributed by atoms with E-state index in [0.29, 0.717) is 40.0 Å². The minimum atomic E-state index is -4.66. The summed E-state index contributed by atoms with van der Waals surface area (Å²) in [5.41, 5.74) is 4.07. The van der Waals surface area contributed by atoms with Crippen molar-refractivity contribution in [2.45, 2.75) is 25.9 Å². The fraction of sp³-hybridized carbons (Fsp3) is 0.135. The van der Waals surface area contributed by atoms with Crippen molar-refractivity contribution < 1.29 is 41.0 Å². The standard InChI is InChI=1S/C26H19F4N7O2.C26H25FN6O2/c1-15-13-37(14-32-15)19-7-17(26(28,29)30)6-18(8-19)35-25(38)36-23-3-2-20(9-22(23)27)39-21-4-5-31-24(10-21)16-11-33-34-12-16;1-32-17-18(16-29-32)25-15-22(9-10-28-25)35-21-7-8-24(23(27)14-21)31-26(34)30-19-5-4-6-20(13-19)33-11-2-3-12-33/h2-14H,1H3,(H,33,34)(H2,35,36,38);4-10,13-17H,2-3,11-12H2,1H3,(H2,30,31,34). The third kappa shape index (κ3) is 12.6. The van der Waals surface area contributed by atoms with Crippen LogP contribution in [-0.2, 0) is 13.2 Å². The van der Waals surface area contributed by atoms with Crippen LogP contribution >= 0.6 is 0 Å². The quantitative estimate of drug-likeness (QED) is 0.0735. The fourth-order valence-electron chi connectivity index (χ4n) is 7.69. The first-order valence-corrected chi connectivity index (χ1v) is 22.8. The van der Waals surface area contributed by atoms with E-state index in [4.69, 9.17) is 9.47 Å². The van der Waals surface area contributed by atoms with Gasteiger partial charge in [-0.1, -0.05) is 6.07 Å². The van der Waals surface area contributed by atoms with Gasteiger partial charge in [-0.05, 0) is 92.6 Å². The summed E-state index contributed by atoms with van der Waals surface area (Å²) in [5.74, 6) is -0.0615. The van der Waals surface area contributed by atoms with Crippen molar-refractivity contribution in [1.82, 2.24) is 39.5 Å². The predicted molar refractivity (Wildman–Crippen MR) is 268 cm³/mol. The van der Waals surface area contributed by atoms with Crippen molar-refractivity contribution >= 4 is 40.5 Å². The van der Waals surface area contributed by atoms with Crippen LogP contribution in [0.3, 0.4) is 0 Å². The Morgan fingerprint density at radius 2 is 1.26 bits per heavy atom. The molecule has 1 saturated heterocycles. The Hall–Kier alpha value is -9.60. The maximum atomic E-state index is 14.8. The number of pyridine rings is 2. The Labute approximate surface area is 419 Å². The number of anilines is 5. The molecule has 5 N–H and O–H groups in total. The maximum Gasteiger partial charge on any atom is 0.416 e. The largest absolute Gasteiger partial charge is 0.457 e. The second-order valence-electron chi connectivity index (χ2n) is 16.7. The number of benzene rings is 4. The Bertz CT molecular complexity index is 3430. The molecular formula is C52H44F5N13O4. The number of aryl methyl sites for hydroxylation is 2. The number of imidazole rings is 1. The molecule has 1 aliphatic heterocycles. The van der Waals surface area contributed by atoms with Gasteiger partial charge in [0, 0.05) is 109 Å². The van der Waals surface area contributed by atoms with Crippen molar-refractivity contribution in [3.05, 3.63) is 176 Å². The molecule has 0 aliphatic carbocycles. The van der Waals surface area contributed by atoms with Gasteiger partial charge in [0.1, 0.15) is 34.6 Å². The smallest absolute Gasteiger partial charge is 0.416 e. The van der Waals surface area contributed by atoms with E-state index in [2.05, 4.69) is 56.4 Å². The summed E-state index contributed by atoms with van der Waals surface area (Å²) in [6.07, 6.45) is 10.5. The number of hydrogen-bond donors (Lipinski definition) is 5. The van der Waals surface area contributed by atoms with Crippen LogP contribution in [0.1, 0.15) is 24.1 Å². The van der Waals surface area contributed by atoms with Crippen molar-refractivity contribution in [1.29, 1.82) is 0 Å². The molecule has 1 fully saturated rings. The van der Waals surface area contributed by atoms with Gasteiger partial charge < -0.3 is 40.2 Å². The summed E-state index contributed by atoms with van der Waals surface area (Å²) in [6, 6.07) is 24.0. The second kappa shape index (κ2) is 21.8. The van der Waals surface area contributed by atoms with Crippen LogP contribution < -0.4 is 35.6 Å². The SMILES string of the molecule is Cc1cn(-c2cc(NC(=O)Nc3ccc(Oc4ccnc(-c5cn[nH]c5)c4)cc3F)cc(C(F)(F)F)c2)cn1.Cn1cc(-c2cc(Oc3ccc(NC(=O)Nc4cccc(N5CCCC5)c4)c(F)c3)ccn2)cn1. The van der Waals surface area contributed by atoms with Gasteiger partial charge in [0.15, 0.2) is 0 Å². The predicted octanol–water partition coefficient (Wildman–Crippen LogP) is 12.2. The van der Waals surface area contributed by atoms with Crippen molar-refractivity contribution in [2.75, 3.05) is 39.3 Å². The second-order valence-corrected chi connectivity index (χ2v) is 16.7. The number of urea groups is 2. The molecule has 0 spiro atoms. The van der Waals surface area contributed by atoms with Crippen LogP contribution in [-0.4, -0.2) is 64.6 Å². The molecule has 6 heterocycles. The van der Waals surface area contributed by atoms with Gasteiger partial charge in [0.05, 0.1) is 52.7 Å². The van der Waals surface area contributed by atoms with E-state index in [9.17, 15) is 31.5 Å². The molecule has 74 heavy (non-hydrogen) atoms. The Morgan fingerprint density at radius 1 is 0.649 bits per heavy atom. The molecule has 9 aromatic rings. The van der Waals surface area contributed by atoms with Crippen LogP contribution in [0.4, 0.5) is 60.0 Å². The number of rotatable bonds is 12. The summed E-state index contributed by atoms with van der Waals surface area (Å²) in [7, 11) is 1.83. The number of amides is 4. The average Bonchev–Trinajstić information content (AvgIpc) is 4.24. The van der Waals surface area contributed by atoms with E-state index >= 15 is 0 Å². The van der Waals surface area contributed by atoms with Crippen molar-refractivity contribution in [3.8, 4) is 51.2 Å². The highest BCUT2D eigenvalue weighted by Gasteiger charge is 2.32. The number of nitrogens with zero attached hydrogens (tertiary/aromatic N) is 8. The number of H-pyrrole nitrogens is 1. The molecule has 10 rings (SSSR count). The van der Waals surface area contributed by atoms with Gasteiger partial charge in [-0.3, -0.25) is 19.7 Å². The van der Waals surface area contributed by atoms with Crippen LogP contribution in [0.2, 0.25) is 0 Å². The topological polar surface area (TPSA) is 194 Å². The number of alkyl halides is 3.